The fraction of sp³-hybridized carbons (Fsp3) is 0. The van der Waals surface area contributed by atoms with Crippen molar-refractivity contribution in [2.24, 2.45) is 0 Å². The molecule has 0 saturated heterocycles. The van der Waals surface area contributed by atoms with Gasteiger partial charge in [-0.2, -0.15) is 0 Å². The SMILES string of the molecule is Nc1cc(S(=O)(=O)Nc2nccs2)c(F)cc1Br. The molecular formula is C9H7BrFN3O2S2. The maximum atomic E-state index is 13.6. The molecule has 2 aromatic rings. The Hall–Kier alpha value is -1.19. The van der Waals surface area contributed by atoms with E-state index in [0.29, 0.717) is 4.47 Å². The number of thiazole rings is 1. The minimum absolute atomic E-state index is 0.135. The first-order valence-corrected chi connectivity index (χ1v) is 7.72. The number of halogens is 2. The number of rotatable bonds is 3. The van der Waals surface area contributed by atoms with Gasteiger partial charge < -0.3 is 5.73 Å². The zero-order chi connectivity index (χ0) is 13.3. The molecule has 0 aliphatic carbocycles. The van der Waals surface area contributed by atoms with E-state index in [2.05, 4.69) is 25.6 Å². The van der Waals surface area contributed by atoms with Gasteiger partial charge in [-0.1, -0.05) is 0 Å². The molecule has 96 valence electrons. The minimum Gasteiger partial charge on any atom is -0.398 e. The molecule has 0 unspecified atom stereocenters. The van der Waals surface area contributed by atoms with Gasteiger partial charge in [0.15, 0.2) is 5.13 Å². The van der Waals surface area contributed by atoms with E-state index in [1.807, 2.05) is 0 Å². The summed E-state index contributed by atoms with van der Waals surface area (Å²) in [4.78, 5) is 3.25. The van der Waals surface area contributed by atoms with Gasteiger partial charge in [-0.05, 0) is 28.1 Å². The Morgan fingerprint density at radius 2 is 2.17 bits per heavy atom. The first-order valence-electron chi connectivity index (χ1n) is 4.57. The van der Waals surface area contributed by atoms with Crippen molar-refractivity contribution in [1.82, 2.24) is 4.98 Å². The van der Waals surface area contributed by atoms with E-state index in [1.165, 1.54) is 6.20 Å². The molecule has 0 aliphatic heterocycles. The van der Waals surface area contributed by atoms with E-state index < -0.39 is 20.7 Å². The largest absolute Gasteiger partial charge is 0.398 e. The standard InChI is InChI=1S/C9H7BrFN3O2S2/c10-5-3-6(11)8(4-7(5)12)18(15,16)14-9-13-1-2-17-9/h1-4H,12H2,(H,13,14). The lowest BCUT2D eigenvalue weighted by molar-refractivity contribution is 0.570. The van der Waals surface area contributed by atoms with Crippen LogP contribution in [0, 0.1) is 5.82 Å². The zero-order valence-corrected chi connectivity index (χ0v) is 11.9. The summed E-state index contributed by atoms with van der Waals surface area (Å²) in [5.74, 6) is -0.889. The summed E-state index contributed by atoms with van der Waals surface area (Å²) in [6.07, 6.45) is 1.44. The summed E-state index contributed by atoms with van der Waals surface area (Å²) in [6.45, 7) is 0. The van der Waals surface area contributed by atoms with Gasteiger partial charge >= 0.3 is 0 Å². The van der Waals surface area contributed by atoms with Crippen LogP contribution < -0.4 is 10.5 Å². The van der Waals surface area contributed by atoms with E-state index in [-0.39, 0.29) is 10.8 Å². The van der Waals surface area contributed by atoms with Crippen LogP contribution in [0.3, 0.4) is 0 Å². The Morgan fingerprint density at radius 3 is 2.78 bits per heavy atom. The zero-order valence-electron chi connectivity index (χ0n) is 8.72. The third-order valence-electron chi connectivity index (χ3n) is 1.99. The van der Waals surface area contributed by atoms with E-state index in [0.717, 1.165) is 23.5 Å². The first-order chi connectivity index (χ1) is 8.40. The molecule has 18 heavy (non-hydrogen) atoms. The number of nitrogen functional groups attached to an aromatic ring is 1. The number of aromatic nitrogens is 1. The van der Waals surface area contributed by atoms with Crippen molar-refractivity contribution in [3.63, 3.8) is 0 Å². The molecule has 5 nitrogen and oxygen atoms in total. The number of anilines is 2. The Balaban J connectivity index is 2.44. The summed E-state index contributed by atoms with van der Waals surface area (Å²) < 4.78 is 40.0. The molecule has 0 fully saturated rings. The Bertz CT molecular complexity index is 673. The number of benzene rings is 1. The summed E-state index contributed by atoms with van der Waals surface area (Å²) in [6, 6.07) is 2.06. The van der Waals surface area contributed by atoms with Crippen LogP contribution in [0.2, 0.25) is 0 Å². The lowest BCUT2D eigenvalue weighted by Gasteiger charge is -2.08. The van der Waals surface area contributed by atoms with Crippen molar-refractivity contribution in [1.29, 1.82) is 0 Å². The molecule has 0 spiro atoms. The molecule has 0 atom stereocenters. The number of nitrogens with zero attached hydrogens (tertiary/aromatic N) is 1. The summed E-state index contributed by atoms with van der Waals surface area (Å²) in [7, 11) is -4.03. The number of hydrogen-bond donors (Lipinski definition) is 2. The molecule has 0 saturated carbocycles. The van der Waals surface area contributed by atoms with E-state index in [1.54, 1.807) is 5.38 Å². The van der Waals surface area contributed by atoms with Gasteiger partial charge in [0.05, 0.1) is 0 Å². The molecule has 1 heterocycles. The second-order valence-corrected chi connectivity index (χ2v) is 6.65. The Kier molecular flexibility index (Phi) is 3.55. The predicted molar refractivity (Wildman–Crippen MR) is 71.4 cm³/mol. The quantitative estimate of drug-likeness (QED) is 0.831. The lowest BCUT2D eigenvalue weighted by Crippen LogP contribution is -2.15. The molecule has 1 aromatic heterocycles. The highest BCUT2D eigenvalue weighted by atomic mass is 79.9. The fourth-order valence-electron chi connectivity index (χ4n) is 1.19. The maximum Gasteiger partial charge on any atom is 0.266 e. The monoisotopic (exact) mass is 351 g/mol. The molecule has 0 amide bonds. The molecule has 2 rings (SSSR count). The fourth-order valence-corrected chi connectivity index (χ4v) is 3.39. The van der Waals surface area contributed by atoms with E-state index in [4.69, 9.17) is 5.73 Å². The van der Waals surface area contributed by atoms with E-state index >= 15 is 0 Å². The summed E-state index contributed by atoms with van der Waals surface area (Å²) in [5.41, 5.74) is 5.68. The first kappa shape index (κ1) is 13.2. The Labute approximate surface area is 115 Å². The van der Waals surface area contributed by atoms with Crippen LogP contribution >= 0.6 is 27.3 Å². The van der Waals surface area contributed by atoms with Gasteiger partial charge in [0.1, 0.15) is 10.7 Å². The molecule has 3 N–H and O–H groups in total. The lowest BCUT2D eigenvalue weighted by atomic mass is 10.3. The molecular weight excluding hydrogens is 345 g/mol. The number of sulfonamides is 1. The van der Waals surface area contributed by atoms with Crippen LogP contribution in [-0.4, -0.2) is 13.4 Å². The van der Waals surface area contributed by atoms with Crippen molar-refractivity contribution < 1.29 is 12.8 Å². The maximum absolute atomic E-state index is 13.6. The highest BCUT2D eigenvalue weighted by molar-refractivity contribution is 9.10. The van der Waals surface area contributed by atoms with Crippen LogP contribution in [0.25, 0.3) is 0 Å². The van der Waals surface area contributed by atoms with Gasteiger partial charge in [-0.15, -0.1) is 11.3 Å². The number of hydrogen-bond acceptors (Lipinski definition) is 5. The van der Waals surface area contributed by atoms with Crippen LogP contribution in [0.15, 0.2) is 33.1 Å². The Morgan fingerprint density at radius 1 is 1.44 bits per heavy atom. The molecule has 1 aromatic carbocycles. The molecule has 9 heteroatoms. The number of nitrogens with two attached hydrogens (primary N) is 1. The van der Waals surface area contributed by atoms with Crippen LogP contribution in [-0.2, 0) is 10.0 Å². The minimum atomic E-state index is -4.03. The van der Waals surface area contributed by atoms with Crippen molar-refractivity contribution in [3.05, 3.63) is 34.0 Å². The van der Waals surface area contributed by atoms with Crippen molar-refractivity contribution in [2.75, 3.05) is 10.5 Å². The second-order valence-electron chi connectivity index (χ2n) is 3.25. The van der Waals surface area contributed by atoms with Crippen molar-refractivity contribution in [2.45, 2.75) is 4.90 Å². The third kappa shape index (κ3) is 2.62. The highest BCUT2D eigenvalue weighted by Crippen LogP contribution is 2.27. The number of nitrogens with one attached hydrogen (secondary N) is 1. The normalized spacial score (nSPS) is 11.4. The average molecular weight is 352 g/mol. The average Bonchev–Trinajstić information content (AvgIpc) is 2.75. The van der Waals surface area contributed by atoms with Gasteiger partial charge in [0, 0.05) is 21.7 Å². The van der Waals surface area contributed by atoms with Gasteiger partial charge in [-0.25, -0.2) is 17.8 Å². The van der Waals surface area contributed by atoms with Crippen LogP contribution in [0.5, 0.6) is 0 Å². The van der Waals surface area contributed by atoms with Gasteiger partial charge in [-0.3, -0.25) is 4.72 Å². The summed E-state index contributed by atoms with van der Waals surface area (Å²) >= 11 is 4.11. The topological polar surface area (TPSA) is 85.1 Å². The third-order valence-corrected chi connectivity index (χ3v) is 4.85. The van der Waals surface area contributed by atoms with Crippen molar-refractivity contribution in [3.8, 4) is 0 Å². The van der Waals surface area contributed by atoms with E-state index in [9.17, 15) is 12.8 Å². The summed E-state index contributed by atoms with van der Waals surface area (Å²) in [5, 5.41) is 1.76. The molecule has 0 aliphatic rings. The molecule has 0 bridgehead atoms. The van der Waals surface area contributed by atoms with Crippen molar-refractivity contribution >= 4 is 48.1 Å². The smallest absolute Gasteiger partial charge is 0.266 e. The van der Waals surface area contributed by atoms with Crippen LogP contribution in [0.4, 0.5) is 15.2 Å². The van der Waals surface area contributed by atoms with Gasteiger partial charge in [0.25, 0.3) is 10.0 Å². The van der Waals surface area contributed by atoms with Crippen LogP contribution in [0.1, 0.15) is 0 Å². The molecule has 0 radical (unpaired) electrons. The van der Waals surface area contributed by atoms with Gasteiger partial charge in [0.2, 0.25) is 0 Å². The highest BCUT2D eigenvalue weighted by Gasteiger charge is 2.21. The second kappa shape index (κ2) is 4.82. The predicted octanol–water partition coefficient (Wildman–Crippen LogP) is 2.43.